The highest BCUT2D eigenvalue weighted by Crippen LogP contribution is 2.33. The molecule has 22 heavy (non-hydrogen) atoms. The molecule has 0 fully saturated rings. The molecule has 0 aliphatic rings. The highest BCUT2D eigenvalue weighted by atomic mass is 31.0. The van der Waals surface area contributed by atoms with Gasteiger partial charge in [-0.15, -0.1) is 9.24 Å². The van der Waals surface area contributed by atoms with Crippen LogP contribution in [0, 0.1) is 6.92 Å². The first-order valence-corrected chi connectivity index (χ1v) is 8.37. The molecular formula is C19H26BOP. The van der Waals surface area contributed by atoms with E-state index in [-0.39, 0.29) is 10.8 Å². The second-order valence-electron chi connectivity index (χ2n) is 6.98. The van der Waals surface area contributed by atoms with Crippen LogP contribution in [0.15, 0.2) is 48.5 Å². The standard InChI is InChI=1S/C19H26BOP/c1-14-16(15-10-7-6-8-11-15)12-9-13-17(14)20-21-18(2,3)19(4,5)22/h6-13,20H,22H2,1-5H3. The molecule has 0 amide bonds. The number of rotatable bonds is 5. The topological polar surface area (TPSA) is 9.23 Å². The third-order valence-electron chi connectivity index (χ3n) is 4.67. The smallest absolute Gasteiger partial charge is 0.309 e. The van der Waals surface area contributed by atoms with Crippen LogP contribution in [0.5, 0.6) is 0 Å². The van der Waals surface area contributed by atoms with Crippen molar-refractivity contribution in [2.75, 3.05) is 0 Å². The Labute approximate surface area is 138 Å². The Hall–Kier alpha value is -1.11. The molecule has 0 heterocycles. The van der Waals surface area contributed by atoms with Crippen LogP contribution in [0.4, 0.5) is 0 Å². The Kier molecular flexibility index (Phi) is 5.15. The highest BCUT2D eigenvalue weighted by molar-refractivity contribution is 7.19. The maximum Gasteiger partial charge on any atom is 0.309 e. The maximum atomic E-state index is 6.23. The predicted molar refractivity (Wildman–Crippen MR) is 102 cm³/mol. The fraction of sp³-hybridized carbons (Fsp3) is 0.368. The first-order valence-electron chi connectivity index (χ1n) is 7.79. The minimum Gasteiger partial charge on any atom is -0.429 e. The fourth-order valence-electron chi connectivity index (χ4n) is 2.21. The third-order valence-corrected chi connectivity index (χ3v) is 5.37. The minimum atomic E-state index is -0.202. The summed E-state index contributed by atoms with van der Waals surface area (Å²) in [4.78, 5) is 0. The molecule has 0 saturated heterocycles. The van der Waals surface area contributed by atoms with Gasteiger partial charge in [0.25, 0.3) is 0 Å². The Balaban J connectivity index is 2.24. The molecule has 116 valence electrons. The minimum absolute atomic E-state index is 0.0257. The van der Waals surface area contributed by atoms with E-state index in [2.05, 4.69) is 92.4 Å². The molecule has 0 bridgehead atoms. The zero-order chi connectivity index (χ0) is 16.4. The fourth-order valence-corrected chi connectivity index (χ4v) is 2.30. The van der Waals surface area contributed by atoms with Crippen molar-refractivity contribution in [1.29, 1.82) is 0 Å². The summed E-state index contributed by atoms with van der Waals surface area (Å²) in [5.74, 6) is 0. The second-order valence-corrected chi connectivity index (χ2v) is 8.42. The summed E-state index contributed by atoms with van der Waals surface area (Å²) >= 11 is 0. The van der Waals surface area contributed by atoms with Gasteiger partial charge in [-0.1, -0.05) is 62.4 Å². The van der Waals surface area contributed by atoms with E-state index < -0.39 is 0 Å². The predicted octanol–water partition coefficient (Wildman–Crippen LogP) is 4.09. The first kappa shape index (κ1) is 17.3. The average molecular weight is 312 g/mol. The molecule has 0 N–H and O–H groups in total. The summed E-state index contributed by atoms with van der Waals surface area (Å²) in [5, 5.41) is 0.0257. The van der Waals surface area contributed by atoms with Crippen LogP contribution in [-0.4, -0.2) is 18.2 Å². The van der Waals surface area contributed by atoms with E-state index in [4.69, 9.17) is 4.65 Å². The summed E-state index contributed by atoms with van der Waals surface area (Å²) < 4.78 is 6.23. The van der Waals surface area contributed by atoms with Crippen LogP contribution in [0.25, 0.3) is 11.1 Å². The molecule has 1 unspecified atom stereocenters. The van der Waals surface area contributed by atoms with Crippen LogP contribution >= 0.6 is 9.24 Å². The van der Waals surface area contributed by atoms with Crippen LogP contribution in [0.2, 0.25) is 0 Å². The molecule has 1 nitrogen and oxygen atoms in total. The molecule has 2 aromatic rings. The largest absolute Gasteiger partial charge is 0.429 e. The molecule has 3 heteroatoms. The van der Waals surface area contributed by atoms with Crippen molar-refractivity contribution in [3.8, 4) is 11.1 Å². The van der Waals surface area contributed by atoms with Crippen LogP contribution < -0.4 is 5.46 Å². The molecular weight excluding hydrogens is 286 g/mol. The van der Waals surface area contributed by atoms with Crippen molar-refractivity contribution in [2.45, 2.75) is 45.4 Å². The van der Waals surface area contributed by atoms with Crippen molar-refractivity contribution in [2.24, 2.45) is 0 Å². The van der Waals surface area contributed by atoms with E-state index >= 15 is 0 Å². The molecule has 2 aromatic carbocycles. The molecule has 0 radical (unpaired) electrons. The van der Waals surface area contributed by atoms with E-state index in [0.29, 0.717) is 7.48 Å². The third kappa shape index (κ3) is 3.80. The van der Waals surface area contributed by atoms with Gasteiger partial charge in [0.05, 0.1) is 5.60 Å². The van der Waals surface area contributed by atoms with Gasteiger partial charge in [0.2, 0.25) is 0 Å². The lowest BCUT2D eigenvalue weighted by molar-refractivity contribution is 0.0841. The molecule has 1 atom stereocenters. The SMILES string of the molecule is Cc1c(BOC(C)(C)C(C)(C)P)cccc1-c1ccccc1. The Morgan fingerprint density at radius 3 is 2.14 bits per heavy atom. The number of benzene rings is 2. The van der Waals surface area contributed by atoms with Gasteiger partial charge >= 0.3 is 7.48 Å². The molecule has 0 saturated carbocycles. The van der Waals surface area contributed by atoms with Gasteiger partial charge in [0.1, 0.15) is 0 Å². The molecule has 0 aliphatic carbocycles. The van der Waals surface area contributed by atoms with E-state index in [1.807, 2.05) is 0 Å². The van der Waals surface area contributed by atoms with Gasteiger partial charge in [-0.3, -0.25) is 0 Å². The molecule has 0 aliphatic heterocycles. The lowest BCUT2D eigenvalue weighted by Crippen LogP contribution is -2.45. The number of hydrogen-bond donors (Lipinski definition) is 0. The van der Waals surface area contributed by atoms with E-state index in [0.717, 1.165) is 0 Å². The molecule has 2 rings (SSSR count). The Morgan fingerprint density at radius 1 is 0.909 bits per heavy atom. The highest BCUT2D eigenvalue weighted by Gasteiger charge is 2.33. The Morgan fingerprint density at radius 2 is 1.55 bits per heavy atom. The summed E-state index contributed by atoms with van der Waals surface area (Å²) in [6.45, 7) is 10.8. The van der Waals surface area contributed by atoms with E-state index in [1.54, 1.807) is 0 Å². The van der Waals surface area contributed by atoms with Crippen LogP contribution in [-0.2, 0) is 4.65 Å². The van der Waals surface area contributed by atoms with Gasteiger partial charge < -0.3 is 4.65 Å². The molecule has 0 spiro atoms. The average Bonchev–Trinajstić information content (AvgIpc) is 2.46. The van der Waals surface area contributed by atoms with Crippen molar-refractivity contribution in [3.63, 3.8) is 0 Å². The summed E-state index contributed by atoms with van der Waals surface area (Å²) in [6.07, 6.45) is 0. The van der Waals surface area contributed by atoms with E-state index in [1.165, 1.54) is 22.2 Å². The quantitative estimate of drug-likeness (QED) is 0.597. The van der Waals surface area contributed by atoms with Gasteiger partial charge in [-0.2, -0.15) is 0 Å². The summed E-state index contributed by atoms with van der Waals surface area (Å²) in [5.41, 5.74) is 4.89. The monoisotopic (exact) mass is 312 g/mol. The van der Waals surface area contributed by atoms with Crippen molar-refractivity contribution in [1.82, 2.24) is 0 Å². The van der Waals surface area contributed by atoms with Crippen molar-refractivity contribution in [3.05, 3.63) is 54.1 Å². The van der Waals surface area contributed by atoms with Gasteiger partial charge in [0.15, 0.2) is 0 Å². The van der Waals surface area contributed by atoms with Gasteiger partial charge in [0, 0.05) is 5.16 Å². The zero-order valence-corrected chi connectivity index (χ0v) is 15.5. The zero-order valence-electron chi connectivity index (χ0n) is 14.3. The van der Waals surface area contributed by atoms with Gasteiger partial charge in [-0.25, -0.2) is 0 Å². The van der Waals surface area contributed by atoms with Crippen molar-refractivity contribution < 1.29 is 4.65 Å². The van der Waals surface area contributed by atoms with Gasteiger partial charge in [-0.05, 0) is 42.9 Å². The van der Waals surface area contributed by atoms with Crippen LogP contribution in [0.3, 0.4) is 0 Å². The molecule has 0 aromatic heterocycles. The van der Waals surface area contributed by atoms with Crippen LogP contribution in [0.1, 0.15) is 33.3 Å². The van der Waals surface area contributed by atoms with E-state index in [9.17, 15) is 0 Å². The second kappa shape index (κ2) is 6.56. The first-order chi connectivity index (χ1) is 10.2. The Bertz CT molecular complexity index is 630. The summed E-state index contributed by atoms with van der Waals surface area (Å²) in [7, 11) is 3.52. The summed E-state index contributed by atoms with van der Waals surface area (Å²) in [6, 6.07) is 17.0. The normalized spacial score (nSPS) is 12.3. The maximum absolute atomic E-state index is 6.23. The van der Waals surface area contributed by atoms with Crippen molar-refractivity contribution >= 4 is 22.2 Å². The lowest BCUT2D eigenvalue weighted by atomic mass is 9.79. The number of hydrogen-bond acceptors (Lipinski definition) is 1. The lowest BCUT2D eigenvalue weighted by Gasteiger charge is -2.39.